The number of carbonyl (C=O) groups is 1. The number of nitrogens with zero attached hydrogens (tertiary/aromatic N) is 1. The lowest BCUT2D eigenvalue weighted by Crippen LogP contribution is -2.30. The van der Waals surface area contributed by atoms with Crippen LogP contribution in [-0.4, -0.2) is 37.0 Å². The molecule has 0 aliphatic carbocycles. The maximum Gasteiger partial charge on any atom is 0.224 e. The molecule has 1 aromatic carbocycles. The van der Waals surface area contributed by atoms with E-state index in [1.54, 1.807) is 0 Å². The van der Waals surface area contributed by atoms with Crippen LogP contribution in [0.3, 0.4) is 0 Å². The van der Waals surface area contributed by atoms with Crippen molar-refractivity contribution in [3.63, 3.8) is 0 Å². The molecule has 1 rings (SSSR count). The monoisotopic (exact) mass is 277 g/mol. The van der Waals surface area contributed by atoms with Crippen LogP contribution in [0.1, 0.15) is 31.4 Å². The van der Waals surface area contributed by atoms with E-state index < -0.39 is 0 Å². The molecule has 1 aromatic rings. The van der Waals surface area contributed by atoms with E-state index in [4.69, 9.17) is 5.73 Å². The molecule has 0 saturated heterocycles. The second kappa shape index (κ2) is 9.50. The van der Waals surface area contributed by atoms with Gasteiger partial charge >= 0.3 is 0 Å². The van der Waals surface area contributed by atoms with Crippen molar-refractivity contribution >= 4 is 5.91 Å². The number of carbonyl (C=O) groups excluding carboxylic acids is 1. The molecule has 0 aromatic heterocycles. The van der Waals surface area contributed by atoms with Gasteiger partial charge in [0.1, 0.15) is 0 Å². The summed E-state index contributed by atoms with van der Waals surface area (Å²) in [6.07, 6.45) is 1.44. The second-order valence-corrected chi connectivity index (χ2v) is 4.93. The molecule has 20 heavy (non-hydrogen) atoms. The van der Waals surface area contributed by atoms with Crippen LogP contribution in [0.4, 0.5) is 0 Å². The molecular weight excluding hydrogens is 250 g/mol. The summed E-state index contributed by atoms with van der Waals surface area (Å²) in [7, 11) is 0. The van der Waals surface area contributed by atoms with E-state index in [2.05, 4.69) is 24.1 Å². The third-order valence-electron chi connectivity index (χ3n) is 3.49. The smallest absolute Gasteiger partial charge is 0.224 e. The van der Waals surface area contributed by atoms with Gasteiger partial charge in [-0.2, -0.15) is 0 Å². The summed E-state index contributed by atoms with van der Waals surface area (Å²) in [6.45, 7) is 8.78. The fourth-order valence-corrected chi connectivity index (χ4v) is 2.11. The average molecular weight is 277 g/mol. The zero-order valence-corrected chi connectivity index (χ0v) is 12.7. The lowest BCUT2D eigenvalue weighted by molar-refractivity contribution is -0.120. The average Bonchev–Trinajstić information content (AvgIpc) is 2.48. The maximum atomic E-state index is 11.8. The number of nitrogens with one attached hydrogen (secondary N) is 1. The van der Waals surface area contributed by atoms with Crippen LogP contribution >= 0.6 is 0 Å². The van der Waals surface area contributed by atoms with Gasteiger partial charge in [0.25, 0.3) is 0 Å². The van der Waals surface area contributed by atoms with Gasteiger partial charge in [-0.1, -0.05) is 38.1 Å². The summed E-state index contributed by atoms with van der Waals surface area (Å²) >= 11 is 0. The molecule has 0 aliphatic rings. The molecule has 0 saturated carbocycles. The maximum absolute atomic E-state index is 11.8. The van der Waals surface area contributed by atoms with Crippen molar-refractivity contribution in [3.8, 4) is 0 Å². The Balaban J connectivity index is 2.22. The van der Waals surface area contributed by atoms with Gasteiger partial charge in [0.15, 0.2) is 0 Å². The van der Waals surface area contributed by atoms with E-state index in [0.717, 1.165) is 43.7 Å². The zero-order chi connectivity index (χ0) is 14.8. The Morgan fingerprint density at radius 1 is 1.15 bits per heavy atom. The highest BCUT2D eigenvalue weighted by Crippen LogP contribution is 2.04. The van der Waals surface area contributed by atoms with Crippen LogP contribution in [0, 0.1) is 0 Å². The van der Waals surface area contributed by atoms with E-state index in [1.807, 2.05) is 24.3 Å². The van der Waals surface area contributed by atoms with Crippen LogP contribution in [0.25, 0.3) is 0 Å². The lowest BCUT2D eigenvalue weighted by Gasteiger charge is -2.17. The highest BCUT2D eigenvalue weighted by Gasteiger charge is 2.03. The Kier molecular flexibility index (Phi) is 7.92. The Hall–Kier alpha value is -1.39. The van der Waals surface area contributed by atoms with Crippen molar-refractivity contribution in [2.24, 2.45) is 5.73 Å². The Bertz CT molecular complexity index is 385. The normalized spacial score (nSPS) is 10.8. The first kappa shape index (κ1) is 16.7. The summed E-state index contributed by atoms with van der Waals surface area (Å²) < 4.78 is 0. The van der Waals surface area contributed by atoms with Gasteiger partial charge in [0.05, 0.1) is 6.42 Å². The van der Waals surface area contributed by atoms with Crippen LogP contribution in [-0.2, 0) is 17.8 Å². The SMILES string of the molecule is CCN(CC)CCCNC(=O)Cc1ccc(CN)cc1. The van der Waals surface area contributed by atoms with Gasteiger partial charge in [-0.15, -0.1) is 0 Å². The molecule has 1 amide bonds. The zero-order valence-electron chi connectivity index (χ0n) is 12.7. The molecule has 0 spiro atoms. The molecule has 0 fully saturated rings. The minimum absolute atomic E-state index is 0.0880. The van der Waals surface area contributed by atoms with Crippen molar-refractivity contribution in [1.82, 2.24) is 10.2 Å². The van der Waals surface area contributed by atoms with Crippen molar-refractivity contribution in [2.45, 2.75) is 33.2 Å². The summed E-state index contributed by atoms with van der Waals surface area (Å²) in [5.74, 6) is 0.0880. The number of rotatable bonds is 9. The van der Waals surface area contributed by atoms with E-state index in [9.17, 15) is 4.79 Å². The molecule has 3 N–H and O–H groups in total. The molecule has 112 valence electrons. The van der Waals surface area contributed by atoms with E-state index in [-0.39, 0.29) is 5.91 Å². The van der Waals surface area contributed by atoms with Crippen molar-refractivity contribution in [2.75, 3.05) is 26.2 Å². The van der Waals surface area contributed by atoms with Gasteiger partial charge in [0.2, 0.25) is 5.91 Å². The minimum atomic E-state index is 0.0880. The highest BCUT2D eigenvalue weighted by molar-refractivity contribution is 5.78. The minimum Gasteiger partial charge on any atom is -0.356 e. The molecule has 0 aliphatic heterocycles. The van der Waals surface area contributed by atoms with Gasteiger partial charge in [-0.3, -0.25) is 4.79 Å². The first-order valence-corrected chi connectivity index (χ1v) is 7.46. The second-order valence-electron chi connectivity index (χ2n) is 4.93. The fourth-order valence-electron chi connectivity index (χ4n) is 2.11. The topological polar surface area (TPSA) is 58.4 Å². The Labute approximate surface area is 122 Å². The van der Waals surface area contributed by atoms with Crippen LogP contribution in [0.5, 0.6) is 0 Å². The third-order valence-corrected chi connectivity index (χ3v) is 3.49. The molecule has 0 bridgehead atoms. The van der Waals surface area contributed by atoms with Crippen LogP contribution in [0.15, 0.2) is 24.3 Å². The molecule has 0 atom stereocenters. The number of amides is 1. The quantitative estimate of drug-likeness (QED) is 0.673. The van der Waals surface area contributed by atoms with Crippen LogP contribution in [0.2, 0.25) is 0 Å². The van der Waals surface area contributed by atoms with E-state index in [1.165, 1.54) is 0 Å². The molecular formula is C16H27N3O. The summed E-state index contributed by atoms with van der Waals surface area (Å²) in [5, 5.41) is 2.97. The molecule has 4 nitrogen and oxygen atoms in total. The van der Waals surface area contributed by atoms with Crippen molar-refractivity contribution in [1.29, 1.82) is 0 Å². The molecule has 0 radical (unpaired) electrons. The largest absolute Gasteiger partial charge is 0.356 e. The van der Waals surface area contributed by atoms with Gasteiger partial charge < -0.3 is 16.0 Å². The van der Waals surface area contributed by atoms with Crippen molar-refractivity contribution in [3.05, 3.63) is 35.4 Å². The highest BCUT2D eigenvalue weighted by atomic mass is 16.1. The number of benzene rings is 1. The van der Waals surface area contributed by atoms with E-state index in [0.29, 0.717) is 13.0 Å². The summed E-state index contributed by atoms with van der Waals surface area (Å²) in [4.78, 5) is 14.2. The number of hydrogen-bond acceptors (Lipinski definition) is 3. The predicted molar refractivity (Wildman–Crippen MR) is 83.5 cm³/mol. The van der Waals surface area contributed by atoms with Crippen molar-refractivity contribution < 1.29 is 4.79 Å². The number of hydrogen-bond donors (Lipinski definition) is 2. The van der Waals surface area contributed by atoms with Crippen LogP contribution < -0.4 is 11.1 Å². The third kappa shape index (κ3) is 6.17. The predicted octanol–water partition coefficient (Wildman–Crippen LogP) is 1.54. The fraction of sp³-hybridized carbons (Fsp3) is 0.562. The number of nitrogens with two attached hydrogens (primary N) is 1. The summed E-state index contributed by atoms with van der Waals surface area (Å²) in [6, 6.07) is 7.89. The first-order valence-electron chi connectivity index (χ1n) is 7.46. The molecule has 4 heteroatoms. The standard InChI is InChI=1S/C16H27N3O/c1-3-19(4-2)11-5-10-18-16(20)12-14-6-8-15(13-17)9-7-14/h6-9H,3-5,10-13,17H2,1-2H3,(H,18,20). The first-order chi connectivity index (χ1) is 9.69. The summed E-state index contributed by atoms with van der Waals surface area (Å²) in [5.41, 5.74) is 7.67. The van der Waals surface area contributed by atoms with Gasteiger partial charge in [-0.25, -0.2) is 0 Å². The van der Waals surface area contributed by atoms with Gasteiger partial charge in [-0.05, 0) is 37.2 Å². The Morgan fingerprint density at radius 3 is 2.30 bits per heavy atom. The lowest BCUT2D eigenvalue weighted by atomic mass is 10.1. The molecule has 0 unspecified atom stereocenters. The molecule has 0 heterocycles. The Morgan fingerprint density at radius 2 is 1.75 bits per heavy atom. The van der Waals surface area contributed by atoms with Gasteiger partial charge in [0, 0.05) is 13.1 Å². The van der Waals surface area contributed by atoms with E-state index >= 15 is 0 Å².